The predicted molar refractivity (Wildman–Crippen MR) is 103 cm³/mol. The largest absolute Gasteiger partial charge is 0.459 e. The van der Waals surface area contributed by atoms with Gasteiger partial charge in [-0.3, -0.25) is 4.79 Å². The van der Waals surface area contributed by atoms with Crippen LogP contribution in [0.1, 0.15) is 48.4 Å². The summed E-state index contributed by atoms with van der Waals surface area (Å²) in [5.41, 5.74) is 9.06. The molecular formula is C21H25N3O3. The Kier molecular flexibility index (Phi) is 5.76. The quantitative estimate of drug-likeness (QED) is 0.664. The Morgan fingerprint density at radius 1 is 1.19 bits per heavy atom. The van der Waals surface area contributed by atoms with Gasteiger partial charge in [0.2, 0.25) is 5.91 Å². The summed E-state index contributed by atoms with van der Waals surface area (Å²) in [7, 11) is 0. The van der Waals surface area contributed by atoms with E-state index in [0.717, 1.165) is 5.56 Å². The molecule has 27 heavy (non-hydrogen) atoms. The third-order valence-electron chi connectivity index (χ3n) is 4.50. The van der Waals surface area contributed by atoms with Gasteiger partial charge in [0.1, 0.15) is 5.76 Å². The minimum Gasteiger partial charge on any atom is -0.459 e. The van der Waals surface area contributed by atoms with Gasteiger partial charge in [0.05, 0.1) is 18.4 Å². The number of rotatable bonds is 7. The van der Waals surface area contributed by atoms with Gasteiger partial charge in [-0.2, -0.15) is 0 Å². The molecule has 0 aliphatic heterocycles. The number of amides is 1. The molecule has 0 fully saturated rings. The lowest BCUT2D eigenvalue weighted by atomic mass is 9.99. The second kappa shape index (κ2) is 8.22. The van der Waals surface area contributed by atoms with Crippen LogP contribution in [-0.4, -0.2) is 17.4 Å². The molecule has 0 bridgehead atoms. The average Bonchev–Trinajstić information content (AvgIpc) is 3.30. The van der Waals surface area contributed by atoms with Gasteiger partial charge in [-0.1, -0.05) is 38.1 Å². The number of hydrogen-bond acceptors (Lipinski definition) is 5. The van der Waals surface area contributed by atoms with E-state index >= 15 is 0 Å². The van der Waals surface area contributed by atoms with Crippen LogP contribution in [0.15, 0.2) is 51.5 Å². The van der Waals surface area contributed by atoms with Gasteiger partial charge >= 0.3 is 0 Å². The van der Waals surface area contributed by atoms with Crippen molar-refractivity contribution in [1.29, 1.82) is 0 Å². The summed E-state index contributed by atoms with van der Waals surface area (Å²) < 4.78 is 10.8. The number of aromatic nitrogens is 1. The van der Waals surface area contributed by atoms with E-state index in [2.05, 4.69) is 36.3 Å². The molecule has 0 saturated heterocycles. The fourth-order valence-corrected chi connectivity index (χ4v) is 2.78. The molecule has 3 N–H and O–H groups in total. The van der Waals surface area contributed by atoms with Crippen LogP contribution in [0.25, 0.3) is 11.7 Å². The molecule has 0 saturated carbocycles. The van der Waals surface area contributed by atoms with Crippen molar-refractivity contribution in [2.75, 3.05) is 6.54 Å². The van der Waals surface area contributed by atoms with Gasteiger partial charge in [-0.05, 0) is 36.1 Å². The van der Waals surface area contributed by atoms with Crippen LogP contribution in [0.2, 0.25) is 0 Å². The molecule has 1 atom stereocenters. The first-order valence-corrected chi connectivity index (χ1v) is 9.06. The van der Waals surface area contributed by atoms with E-state index in [1.807, 2.05) is 12.1 Å². The van der Waals surface area contributed by atoms with Crippen molar-refractivity contribution in [3.8, 4) is 11.7 Å². The molecular weight excluding hydrogens is 342 g/mol. The maximum absolute atomic E-state index is 12.3. The Morgan fingerprint density at radius 2 is 1.89 bits per heavy atom. The Balaban J connectivity index is 1.55. The number of aryl methyl sites for hydroxylation is 1. The van der Waals surface area contributed by atoms with Gasteiger partial charge in [-0.25, -0.2) is 4.98 Å². The lowest BCUT2D eigenvalue weighted by molar-refractivity contribution is -0.120. The number of nitrogens with one attached hydrogen (secondary N) is 1. The van der Waals surface area contributed by atoms with Crippen molar-refractivity contribution < 1.29 is 13.6 Å². The molecule has 2 aromatic heterocycles. The monoisotopic (exact) mass is 367 g/mol. The van der Waals surface area contributed by atoms with E-state index in [4.69, 9.17) is 14.6 Å². The first-order chi connectivity index (χ1) is 12.9. The highest BCUT2D eigenvalue weighted by molar-refractivity contribution is 5.78. The lowest BCUT2D eigenvalue weighted by Gasteiger charge is -2.14. The van der Waals surface area contributed by atoms with Crippen LogP contribution in [0.3, 0.4) is 0 Å². The highest BCUT2D eigenvalue weighted by atomic mass is 16.4. The summed E-state index contributed by atoms with van der Waals surface area (Å²) in [5, 5.41) is 2.87. The van der Waals surface area contributed by atoms with Crippen LogP contribution < -0.4 is 11.1 Å². The van der Waals surface area contributed by atoms with Gasteiger partial charge in [0, 0.05) is 12.6 Å². The molecule has 0 aliphatic carbocycles. The third-order valence-corrected chi connectivity index (χ3v) is 4.50. The molecule has 3 rings (SSSR count). The van der Waals surface area contributed by atoms with Gasteiger partial charge < -0.3 is 19.9 Å². The van der Waals surface area contributed by atoms with E-state index in [-0.39, 0.29) is 18.4 Å². The predicted octanol–water partition coefficient (Wildman–Crippen LogP) is 3.73. The smallest absolute Gasteiger partial charge is 0.263 e. The van der Waals surface area contributed by atoms with Crippen molar-refractivity contribution in [3.05, 3.63) is 65.2 Å². The van der Waals surface area contributed by atoms with Crippen molar-refractivity contribution in [2.45, 2.75) is 39.2 Å². The molecule has 1 unspecified atom stereocenters. The molecule has 2 heterocycles. The molecule has 0 radical (unpaired) electrons. The molecule has 6 heteroatoms. The minimum absolute atomic E-state index is 0.134. The van der Waals surface area contributed by atoms with Crippen LogP contribution in [0.5, 0.6) is 0 Å². The summed E-state index contributed by atoms with van der Waals surface area (Å²) in [6, 6.07) is 11.5. The Hall–Kier alpha value is -2.86. The zero-order chi connectivity index (χ0) is 19.4. The van der Waals surface area contributed by atoms with Crippen LogP contribution in [-0.2, 0) is 11.2 Å². The van der Waals surface area contributed by atoms with Crippen molar-refractivity contribution in [3.63, 3.8) is 0 Å². The minimum atomic E-state index is -0.257. The van der Waals surface area contributed by atoms with E-state index in [0.29, 0.717) is 35.6 Å². The average molecular weight is 367 g/mol. The lowest BCUT2D eigenvalue weighted by Crippen LogP contribution is -2.33. The SMILES string of the molecule is Cc1oc(-c2ccco2)nc1CC(=O)NCC(N)c1ccc(C(C)C)cc1. The summed E-state index contributed by atoms with van der Waals surface area (Å²) in [6.45, 7) is 6.45. The molecule has 142 valence electrons. The highest BCUT2D eigenvalue weighted by Crippen LogP contribution is 2.22. The molecule has 0 aliphatic rings. The van der Waals surface area contributed by atoms with Crippen LogP contribution >= 0.6 is 0 Å². The van der Waals surface area contributed by atoms with Crippen molar-refractivity contribution in [2.24, 2.45) is 5.73 Å². The highest BCUT2D eigenvalue weighted by Gasteiger charge is 2.17. The van der Waals surface area contributed by atoms with E-state index in [9.17, 15) is 4.79 Å². The second-order valence-electron chi connectivity index (χ2n) is 6.91. The molecule has 1 aromatic carbocycles. The zero-order valence-electron chi connectivity index (χ0n) is 15.9. The summed E-state index contributed by atoms with van der Waals surface area (Å²) in [5.74, 6) is 1.85. The molecule has 3 aromatic rings. The molecule has 1 amide bonds. The Labute approximate surface area is 158 Å². The van der Waals surface area contributed by atoms with Crippen molar-refractivity contribution in [1.82, 2.24) is 10.3 Å². The number of nitrogens with zero attached hydrogens (tertiary/aromatic N) is 1. The van der Waals surface area contributed by atoms with Crippen LogP contribution in [0, 0.1) is 6.92 Å². The Morgan fingerprint density at radius 3 is 2.52 bits per heavy atom. The van der Waals surface area contributed by atoms with E-state index < -0.39 is 0 Å². The second-order valence-corrected chi connectivity index (χ2v) is 6.91. The normalized spacial score (nSPS) is 12.3. The summed E-state index contributed by atoms with van der Waals surface area (Å²) >= 11 is 0. The van der Waals surface area contributed by atoms with Crippen molar-refractivity contribution >= 4 is 5.91 Å². The summed E-state index contributed by atoms with van der Waals surface area (Å²) in [6.07, 6.45) is 1.69. The molecule has 0 spiro atoms. The van der Waals surface area contributed by atoms with Gasteiger partial charge in [0.15, 0.2) is 5.76 Å². The number of furan rings is 1. The third kappa shape index (κ3) is 4.65. The fraction of sp³-hybridized carbons (Fsp3) is 0.333. The standard InChI is InChI=1S/C21H25N3O3/c1-13(2)15-6-8-16(9-7-15)17(22)12-23-20(25)11-18-14(3)27-21(24-18)19-5-4-10-26-19/h4-10,13,17H,11-12,22H2,1-3H3,(H,23,25). The van der Waals surface area contributed by atoms with E-state index in [1.165, 1.54) is 5.56 Å². The van der Waals surface area contributed by atoms with Gasteiger partial charge in [0.25, 0.3) is 5.89 Å². The molecule has 6 nitrogen and oxygen atoms in total. The Bertz CT molecular complexity index is 880. The fourth-order valence-electron chi connectivity index (χ4n) is 2.78. The number of carbonyl (C=O) groups excluding carboxylic acids is 1. The van der Waals surface area contributed by atoms with Gasteiger partial charge in [-0.15, -0.1) is 0 Å². The summed E-state index contributed by atoms with van der Waals surface area (Å²) in [4.78, 5) is 16.6. The first-order valence-electron chi connectivity index (χ1n) is 9.06. The first kappa shape index (κ1) is 18.9. The van der Waals surface area contributed by atoms with E-state index in [1.54, 1.807) is 25.3 Å². The number of nitrogens with two attached hydrogens (primary N) is 1. The number of oxazole rings is 1. The maximum atomic E-state index is 12.3. The number of hydrogen-bond donors (Lipinski definition) is 2. The zero-order valence-corrected chi connectivity index (χ0v) is 15.9. The maximum Gasteiger partial charge on any atom is 0.263 e. The number of carbonyl (C=O) groups is 1. The van der Waals surface area contributed by atoms with Crippen LogP contribution in [0.4, 0.5) is 0 Å². The topological polar surface area (TPSA) is 94.3 Å². The number of benzene rings is 1.